The summed E-state index contributed by atoms with van der Waals surface area (Å²) in [5, 5.41) is 2.97. The van der Waals surface area contributed by atoms with Crippen molar-refractivity contribution >= 4 is 11.9 Å². The molecule has 1 amide bonds. The summed E-state index contributed by atoms with van der Waals surface area (Å²) in [5.74, 6) is -0.379. The lowest BCUT2D eigenvalue weighted by Crippen LogP contribution is -2.30. The fraction of sp³-hybridized carbons (Fsp3) is 0.333. The second-order valence-electron chi connectivity index (χ2n) is 6.03. The topological polar surface area (TPSA) is 55.4 Å². The van der Waals surface area contributed by atoms with E-state index in [-0.39, 0.29) is 24.3 Å². The molecular weight excluding hydrogens is 314 g/mol. The minimum absolute atomic E-state index is 0.0706. The van der Waals surface area contributed by atoms with Crippen molar-refractivity contribution in [3.05, 3.63) is 71.3 Å². The van der Waals surface area contributed by atoms with Gasteiger partial charge >= 0.3 is 5.97 Å². The van der Waals surface area contributed by atoms with Crippen molar-refractivity contribution in [1.82, 2.24) is 5.32 Å². The Bertz CT molecular complexity index is 680. The first-order valence-electron chi connectivity index (χ1n) is 8.64. The Morgan fingerprint density at radius 1 is 1.04 bits per heavy atom. The molecule has 25 heavy (non-hydrogen) atoms. The van der Waals surface area contributed by atoms with E-state index < -0.39 is 0 Å². The van der Waals surface area contributed by atoms with Crippen LogP contribution in [0.25, 0.3) is 0 Å². The second-order valence-corrected chi connectivity index (χ2v) is 6.03. The minimum Gasteiger partial charge on any atom is -0.466 e. The van der Waals surface area contributed by atoms with Crippen LogP contribution in [0.2, 0.25) is 0 Å². The van der Waals surface area contributed by atoms with E-state index in [4.69, 9.17) is 4.74 Å². The van der Waals surface area contributed by atoms with Crippen molar-refractivity contribution in [1.29, 1.82) is 0 Å². The molecule has 0 saturated heterocycles. The number of amides is 1. The molecule has 132 valence electrons. The Hall–Kier alpha value is -2.62. The fourth-order valence-corrected chi connectivity index (χ4v) is 2.61. The van der Waals surface area contributed by atoms with Crippen LogP contribution < -0.4 is 5.32 Å². The highest BCUT2D eigenvalue weighted by Gasteiger charge is 2.19. The van der Waals surface area contributed by atoms with Crippen molar-refractivity contribution in [2.75, 3.05) is 6.61 Å². The maximum Gasteiger partial charge on any atom is 0.308 e. The molecule has 0 spiro atoms. The molecule has 0 aromatic heterocycles. The monoisotopic (exact) mass is 339 g/mol. The van der Waals surface area contributed by atoms with Gasteiger partial charge in [-0.2, -0.15) is 0 Å². The second kappa shape index (κ2) is 9.62. The summed E-state index contributed by atoms with van der Waals surface area (Å²) in [4.78, 5) is 24.2. The average Bonchev–Trinajstić information content (AvgIpc) is 2.61. The maximum absolute atomic E-state index is 12.3. The maximum atomic E-state index is 12.3. The molecule has 0 saturated carbocycles. The number of hydrogen-bond acceptors (Lipinski definition) is 3. The van der Waals surface area contributed by atoms with Gasteiger partial charge in [-0.15, -0.1) is 0 Å². The standard InChI is InChI=1S/C21H25NO3/c1-3-25-21(24)15-19(18-12-9-16(2)10-13-18)22-20(23)14-11-17-7-5-4-6-8-17/h4-10,12-13,19H,3,11,14-15H2,1-2H3,(H,22,23)/t19-/m0/s1. The molecular formula is C21H25NO3. The number of ether oxygens (including phenoxy) is 1. The molecule has 4 heteroatoms. The van der Waals surface area contributed by atoms with Gasteiger partial charge in [-0.25, -0.2) is 0 Å². The smallest absolute Gasteiger partial charge is 0.308 e. The molecule has 0 bridgehead atoms. The predicted octanol–water partition coefficient (Wildman–Crippen LogP) is 3.74. The zero-order chi connectivity index (χ0) is 18.1. The molecule has 0 aliphatic heterocycles. The number of rotatable bonds is 8. The summed E-state index contributed by atoms with van der Waals surface area (Å²) >= 11 is 0. The molecule has 1 N–H and O–H groups in total. The minimum atomic E-state index is -0.372. The number of carbonyl (C=O) groups is 2. The van der Waals surface area contributed by atoms with Crippen LogP contribution in [0.1, 0.15) is 42.5 Å². The van der Waals surface area contributed by atoms with Gasteiger partial charge in [-0.3, -0.25) is 9.59 Å². The molecule has 0 unspecified atom stereocenters. The van der Waals surface area contributed by atoms with E-state index in [1.807, 2.05) is 61.5 Å². The molecule has 0 fully saturated rings. The van der Waals surface area contributed by atoms with Crippen LogP contribution in [0, 0.1) is 6.92 Å². The first-order valence-corrected chi connectivity index (χ1v) is 8.64. The summed E-state index contributed by atoms with van der Waals surface area (Å²) < 4.78 is 5.04. The van der Waals surface area contributed by atoms with Gasteiger partial charge in [0.1, 0.15) is 0 Å². The summed E-state index contributed by atoms with van der Waals surface area (Å²) in [6.45, 7) is 4.11. The van der Waals surface area contributed by atoms with E-state index in [0.29, 0.717) is 19.4 Å². The summed E-state index contributed by atoms with van der Waals surface area (Å²) in [6.07, 6.45) is 1.19. The number of benzene rings is 2. The Labute approximate surface area is 149 Å². The van der Waals surface area contributed by atoms with E-state index in [1.54, 1.807) is 6.92 Å². The van der Waals surface area contributed by atoms with Crippen LogP contribution in [0.15, 0.2) is 54.6 Å². The van der Waals surface area contributed by atoms with Gasteiger partial charge in [0.05, 0.1) is 19.1 Å². The average molecular weight is 339 g/mol. The van der Waals surface area contributed by atoms with E-state index in [0.717, 1.165) is 16.7 Å². The summed E-state index contributed by atoms with van der Waals surface area (Å²) in [7, 11) is 0. The Morgan fingerprint density at radius 2 is 1.72 bits per heavy atom. The molecule has 2 rings (SSSR count). The van der Waals surface area contributed by atoms with Crippen molar-refractivity contribution in [3.63, 3.8) is 0 Å². The van der Waals surface area contributed by atoms with E-state index >= 15 is 0 Å². The van der Waals surface area contributed by atoms with E-state index in [9.17, 15) is 9.59 Å². The molecule has 4 nitrogen and oxygen atoms in total. The van der Waals surface area contributed by atoms with Crippen LogP contribution in [-0.2, 0) is 20.7 Å². The Balaban J connectivity index is 2.00. The summed E-state index contributed by atoms with van der Waals surface area (Å²) in [6, 6.07) is 17.3. The van der Waals surface area contributed by atoms with Crippen LogP contribution in [0.5, 0.6) is 0 Å². The zero-order valence-electron chi connectivity index (χ0n) is 14.8. The quantitative estimate of drug-likeness (QED) is 0.746. The number of carbonyl (C=O) groups excluding carboxylic acids is 2. The van der Waals surface area contributed by atoms with Gasteiger partial charge < -0.3 is 10.1 Å². The zero-order valence-corrected chi connectivity index (χ0v) is 14.8. The Morgan fingerprint density at radius 3 is 2.36 bits per heavy atom. The third kappa shape index (κ3) is 6.42. The molecule has 0 aliphatic carbocycles. The van der Waals surface area contributed by atoms with Crippen LogP contribution >= 0.6 is 0 Å². The van der Waals surface area contributed by atoms with E-state index in [1.165, 1.54) is 0 Å². The first kappa shape index (κ1) is 18.7. The lowest BCUT2D eigenvalue weighted by atomic mass is 10.0. The normalized spacial score (nSPS) is 11.6. The van der Waals surface area contributed by atoms with Crippen molar-refractivity contribution < 1.29 is 14.3 Å². The van der Waals surface area contributed by atoms with Gasteiger partial charge in [0, 0.05) is 6.42 Å². The van der Waals surface area contributed by atoms with Gasteiger partial charge in [-0.1, -0.05) is 60.2 Å². The number of esters is 1. The first-order chi connectivity index (χ1) is 12.1. The molecule has 0 radical (unpaired) electrons. The van der Waals surface area contributed by atoms with Crippen LogP contribution in [-0.4, -0.2) is 18.5 Å². The Kier molecular flexibility index (Phi) is 7.20. The van der Waals surface area contributed by atoms with Gasteiger partial charge in [0.25, 0.3) is 0 Å². The predicted molar refractivity (Wildman–Crippen MR) is 98.1 cm³/mol. The third-order valence-corrected chi connectivity index (χ3v) is 3.97. The number of nitrogens with one attached hydrogen (secondary N) is 1. The van der Waals surface area contributed by atoms with Crippen LogP contribution in [0.4, 0.5) is 0 Å². The van der Waals surface area contributed by atoms with Gasteiger partial charge in [0.2, 0.25) is 5.91 Å². The highest BCUT2D eigenvalue weighted by Crippen LogP contribution is 2.19. The van der Waals surface area contributed by atoms with Crippen LogP contribution in [0.3, 0.4) is 0 Å². The molecule has 2 aromatic carbocycles. The van der Waals surface area contributed by atoms with E-state index in [2.05, 4.69) is 5.32 Å². The SMILES string of the molecule is CCOC(=O)C[C@H](NC(=O)CCc1ccccc1)c1ccc(C)cc1. The number of aryl methyl sites for hydroxylation is 2. The van der Waals surface area contributed by atoms with Gasteiger partial charge in [0.15, 0.2) is 0 Å². The third-order valence-electron chi connectivity index (χ3n) is 3.97. The summed E-state index contributed by atoms with van der Waals surface area (Å²) in [5.41, 5.74) is 3.16. The fourth-order valence-electron chi connectivity index (χ4n) is 2.61. The van der Waals surface area contributed by atoms with Crippen molar-refractivity contribution in [2.45, 2.75) is 39.2 Å². The molecule has 2 aromatic rings. The largest absolute Gasteiger partial charge is 0.466 e. The number of hydrogen-bond donors (Lipinski definition) is 1. The van der Waals surface area contributed by atoms with Gasteiger partial charge in [-0.05, 0) is 31.4 Å². The molecule has 0 heterocycles. The van der Waals surface area contributed by atoms with Crippen molar-refractivity contribution in [2.24, 2.45) is 0 Å². The lowest BCUT2D eigenvalue weighted by molar-refractivity contribution is -0.143. The highest BCUT2D eigenvalue weighted by atomic mass is 16.5. The lowest BCUT2D eigenvalue weighted by Gasteiger charge is -2.19. The van der Waals surface area contributed by atoms with Crippen molar-refractivity contribution in [3.8, 4) is 0 Å². The molecule has 0 aliphatic rings. The highest BCUT2D eigenvalue weighted by molar-refractivity contribution is 5.78. The molecule has 1 atom stereocenters.